The highest BCUT2D eigenvalue weighted by Crippen LogP contribution is 2.23. The molecule has 1 aromatic heterocycles. The van der Waals surface area contributed by atoms with E-state index in [-0.39, 0.29) is 11.3 Å². The number of benzene rings is 2. The third-order valence-electron chi connectivity index (χ3n) is 3.70. The van der Waals surface area contributed by atoms with E-state index < -0.39 is 0 Å². The average molecular weight is 336 g/mol. The number of hydrogen-bond acceptors (Lipinski definition) is 3. The van der Waals surface area contributed by atoms with Gasteiger partial charge in [0.25, 0.3) is 0 Å². The molecule has 0 saturated heterocycles. The highest BCUT2D eigenvalue weighted by atomic mass is 35.5. The Morgan fingerprint density at radius 2 is 1.92 bits per heavy atom. The maximum Gasteiger partial charge on any atom is 0.155 e. The Morgan fingerprint density at radius 3 is 2.62 bits per heavy atom. The molecular formula is C19H14ClN3O. The molecule has 5 heteroatoms. The largest absolute Gasteiger partial charge is 0.506 e. The number of hydrogen-bond donors (Lipinski definition) is 1. The summed E-state index contributed by atoms with van der Waals surface area (Å²) in [6.07, 6.45) is 3.12. The second-order valence-corrected chi connectivity index (χ2v) is 5.62. The predicted molar refractivity (Wildman–Crippen MR) is 96.4 cm³/mol. The molecule has 0 spiro atoms. The molecule has 0 fully saturated rings. The number of imidazole rings is 1. The van der Waals surface area contributed by atoms with Crippen molar-refractivity contribution in [1.82, 2.24) is 9.55 Å². The monoisotopic (exact) mass is 335 g/mol. The fourth-order valence-electron chi connectivity index (χ4n) is 2.45. The van der Waals surface area contributed by atoms with Crippen LogP contribution in [-0.2, 0) is 7.05 Å². The third kappa shape index (κ3) is 2.90. The standard InChI is InChI=1S/C19H14ClN3O/c1-23-17-9-5-4-8-16(17)22-19(23)14(12-21)18(24)11-10-13-6-2-3-7-15(13)20/h2-11,24H,1H3/b11-10?,18-14-. The number of halogens is 1. The summed E-state index contributed by atoms with van der Waals surface area (Å²) in [4.78, 5) is 4.44. The van der Waals surface area contributed by atoms with E-state index in [0.717, 1.165) is 16.6 Å². The van der Waals surface area contributed by atoms with Crippen LogP contribution < -0.4 is 0 Å². The number of aromatic nitrogens is 2. The lowest BCUT2D eigenvalue weighted by Crippen LogP contribution is -1.98. The fraction of sp³-hybridized carbons (Fsp3) is 0.0526. The smallest absolute Gasteiger partial charge is 0.155 e. The van der Waals surface area contributed by atoms with Crippen molar-refractivity contribution in [2.45, 2.75) is 0 Å². The van der Waals surface area contributed by atoms with E-state index in [9.17, 15) is 10.4 Å². The van der Waals surface area contributed by atoms with Gasteiger partial charge in [0, 0.05) is 12.1 Å². The minimum Gasteiger partial charge on any atom is -0.506 e. The summed E-state index contributed by atoms with van der Waals surface area (Å²) >= 11 is 6.09. The van der Waals surface area contributed by atoms with Gasteiger partial charge in [0.2, 0.25) is 0 Å². The molecule has 0 radical (unpaired) electrons. The zero-order valence-electron chi connectivity index (χ0n) is 12.9. The maximum atomic E-state index is 10.3. The van der Waals surface area contributed by atoms with Gasteiger partial charge in [0.1, 0.15) is 17.4 Å². The second-order valence-electron chi connectivity index (χ2n) is 5.21. The van der Waals surface area contributed by atoms with E-state index in [1.165, 1.54) is 6.08 Å². The maximum absolute atomic E-state index is 10.3. The molecule has 118 valence electrons. The van der Waals surface area contributed by atoms with Gasteiger partial charge < -0.3 is 9.67 Å². The molecule has 0 bridgehead atoms. The number of para-hydroxylation sites is 2. The van der Waals surface area contributed by atoms with Gasteiger partial charge in [-0.15, -0.1) is 0 Å². The first kappa shape index (κ1) is 15.9. The average Bonchev–Trinajstić information content (AvgIpc) is 2.92. The second kappa shape index (κ2) is 6.61. The molecule has 24 heavy (non-hydrogen) atoms. The van der Waals surface area contributed by atoms with E-state index in [1.807, 2.05) is 55.6 Å². The Kier molecular flexibility index (Phi) is 4.37. The van der Waals surface area contributed by atoms with Crippen LogP contribution in [0.1, 0.15) is 11.4 Å². The minimum absolute atomic E-state index is 0.108. The first-order valence-corrected chi connectivity index (χ1v) is 7.67. The first-order valence-electron chi connectivity index (χ1n) is 7.29. The molecule has 0 aliphatic carbocycles. The Bertz CT molecular complexity index is 1010. The summed E-state index contributed by atoms with van der Waals surface area (Å²) in [6, 6.07) is 16.9. The molecule has 3 aromatic rings. The summed E-state index contributed by atoms with van der Waals surface area (Å²) in [7, 11) is 1.81. The van der Waals surface area contributed by atoms with Crippen LogP contribution in [0.25, 0.3) is 22.7 Å². The van der Waals surface area contributed by atoms with Crippen molar-refractivity contribution in [2.75, 3.05) is 0 Å². The molecule has 0 aliphatic heterocycles. The van der Waals surface area contributed by atoms with Crippen LogP contribution in [0.5, 0.6) is 0 Å². The molecule has 4 nitrogen and oxygen atoms in total. The summed E-state index contributed by atoms with van der Waals surface area (Å²) in [5.74, 6) is 0.260. The van der Waals surface area contributed by atoms with Crippen molar-refractivity contribution in [3.05, 3.63) is 76.8 Å². The number of allylic oxidation sites excluding steroid dienone is 2. The lowest BCUT2D eigenvalue weighted by Gasteiger charge is -2.02. The predicted octanol–water partition coefficient (Wildman–Crippen LogP) is 4.73. The van der Waals surface area contributed by atoms with Gasteiger partial charge in [-0.2, -0.15) is 5.26 Å². The lowest BCUT2D eigenvalue weighted by molar-refractivity contribution is 0.436. The number of fused-ring (bicyclic) bond motifs is 1. The van der Waals surface area contributed by atoms with E-state index in [1.54, 1.807) is 16.7 Å². The molecule has 0 atom stereocenters. The zero-order chi connectivity index (χ0) is 17.1. The summed E-state index contributed by atoms with van der Waals surface area (Å²) in [6.45, 7) is 0. The fourth-order valence-corrected chi connectivity index (χ4v) is 2.65. The van der Waals surface area contributed by atoms with Gasteiger partial charge >= 0.3 is 0 Å². The molecule has 0 saturated carbocycles. The van der Waals surface area contributed by atoms with Gasteiger partial charge in [-0.1, -0.05) is 41.9 Å². The van der Waals surface area contributed by atoms with Crippen molar-refractivity contribution in [3.63, 3.8) is 0 Å². The quantitative estimate of drug-likeness (QED) is 0.427. The van der Waals surface area contributed by atoms with Crippen LogP contribution in [0, 0.1) is 11.3 Å². The molecule has 0 unspecified atom stereocenters. The number of aliphatic hydroxyl groups is 1. The van der Waals surface area contributed by atoms with E-state index in [0.29, 0.717) is 10.8 Å². The first-order chi connectivity index (χ1) is 11.6. The van der Waals surface area contributed by atoms with Gasteiger partial charge in [0.15, 0.2) is 5.82 Å². The van der Waals surface area contributed by atoms with Gasteiger partial charge in [-0.05, 0) is 35.9 Å². The topological polar surface area (TPSA) is 61.8 Å². The number of nitrogens with zero attached hydrogens (tertiary/aromatic N) is 3. The zero-order valence-corrected chi connectivity index (χ0v) is 13.7. The Morgan fingerprint density at radius 1 is 1.21 bits per heavy atom. The molecule has 0 amide bonds. The van der Waals surface area contributed by atoms with Crippen molar-refractivity contribution in [3.8, 4) is 6.07 Å². The Labute approximate surface area is 144 Å². The summed E-state index contributed by atoms with van der Waals surface area (Å²) in [5.41, 5.74) is 2.53. The van der Waals surface area contributed by atoms with Crippen molar-refractivity contribution < 1.29 is 5.11 Å². The van der Waals surface area contributed by atoms with Crippen molar-refractivity contribution >= 4 is 34.3 Å². The van der Waals surface area contributed by atoms with Crippen LogP contribution in [-0.4, -0.2) is 14.7 Å². The third-order valence-corrected chi connectivity index (χ3v) is 4.05. The number of rotatable bonds is 3. The summed E-state index contributed by atoms with van der Waals surface area (Å²) < 4.78 is 1.79. The van der Waals surface area contributed by atoms with Gasteiger partial charge in [-0.3, -0.25) is 0 Å². The number of aryl methyl sites for hydroxylation is 1. The van der Waals surface area contributed by atoms with Crippen LogP contribution in [0.2, 0.25) is 5.02 Å². The highest BCUT2D eigenvalue weighted by molar-refractivity contribution is 6.32. The molecule has 3 rings (SSSR count). The lowest BCUT2D eigenvalue weighted by atomic mass is 10.1. The summed E-state index contributed by atoms with van der Waals surface area (Å²) in [5, 5.41) is 20.4. The number of nitriles is 1. The Hall–Kier alpha value is -3.03. The van der Waals surface area contributed by atoms with E-state index in [2.05, 4.69) is 4.98 Å². The molecular weight excluding hydrogens is 322 g/mol. The van der Waals surface area contributed by atoms with Crippen molar-refractivity contribution in [1.29, 1.82) is 5.26 Å². The minimum atomic E-state index is -0.157. The van der Waals surface area contributed by atoms with Crippen LogP contribution in [0.3, 0.4) is 0 Å². The van der Waals surface area contributed by atoms with Gasteiger partial charge in [0.05, 0.1) is 11.0 Å². The van der Waals surface area contributed by atoms with Gasteiger partial charge in [-0.25, -0.2) is 4.98 Å². The Balaban J connectivity index is 2.06. The van der Waals surface area contributed by atoms with Crippen LogP contribution in [0.4, 0.5) is 0 Å². The number of aliphatic hydroxyl groups excluding tert-OH is 1. The molecule has 1 N–H and O–H groups in total. The normalized spacial score (nSPS) is 12.4. The molecule has 0 aliphatic rings. The van der Waals surface area contributed by atoms with E-state index in [4.69, 9.17) is 11.6 Å². The van der Waals surface area contributed by atoms with Crippen LogP contribution in [0.15, 0.2) is 60.4 Å². The molecule has 1 heterocycles. The SMILES string of the molecule is Cn1c(/C(C#N)=C(\O)C=Cc2ccccc2Cl)nc2ccccc21. The van der Waals surface area contributed by atoms with Crippen LogP contribution >= 0.6 is 11.6 Å². The van der Waals surface area contributed by atoms with E-state index >= 15 is 0 Å². The molecule has 2 aromatic carbocycles. The van der Waals surface area contributed by atoms with Crippen molar-refractivity contribution in [2.24, 2.45) is 7.05 Å². The highest BCUT2D eigenvalue weighted by Gasteiger charge is 2.15.